The molecule has 0 unspecified atom stereocenters. The number of carbonyl (C=O) groups excluding carboxylic acids is 1. The zero-order chi connectivity index (χ0) is 17.2. The van der Waals surface area contributed by atoms with E-state index in [1.54, 1.807) is 24.3 Å². The molecule has 0 radical (unpaired) electrons. The van der Waals surface area contributed by atoms with Crippen molar-refractivity contribution in [3.05, 3.63) is 59.1 Å². The highest BCUT2D eigenvalue weighted by Crippen LogP contribution is 2.15. The van der Waals surface area contributed by atoms with Crippen LogP contribution in [0.2, 0.25) is 5.02 Å². The van der Waals surface area contributed by atoms with E-state index in [-0.39, 0.29) is 6.03 Å². The number of hydrogen-bond donors (Lipinski definition) is 2. The molecular formula is C18H21ClN2O3. The Balaban J connectivity index is 1.82. The van der Waals surface area contributed by atoms with E-state index in [1.165, 1.54) is 0 Å². The lowest BCUT2D eigenvalue weighted by Crippen LogP contribution is -2.19. The van der Waals surface area contributed by atoms with Crippen molar-refractivity contribution >= 4 is 29.0 Å². The van der Waals surface area contributed by atoms with Crippen molar-refractivity contribution < 1.29 is 14.3 Å². The summed E-state index contributed by atoms with van der Waals surface area (Å²) < 4.78 is 10.7. The molecule has 0 aromatic heterocycles. The molecule has 0 aliphatic carbocycles. The van der Waals surface area contributed by atoms with E-state index in [0.717, 1.165) is 5.56 Å². The summed E-state index contributed by atoms with van der Waals surface area (Å²) in [5, 5.41) is 6.16. The number of anilines is 2. The van der Waals surface area contributed by atoms with Gasteiger partial charge >= 0.3 is 6.03 Å². The van der Waals surface area contributed by atoms with Crippen LogP contribution in [-0.4, -0.2) is 25.9 Å². The van der Waals surface area contributed by atoms with Crippen LogP contribution in [0.25, 0.3) is 0 Å². The Labute approximate surface area is 146 Å². The van der Waals surface area contributed by atoms with Crippen molar-refractivity contribution in [2.45, 2.75) is 13.5 Å². The van der Waals surface area contributed by atoms with Crippen molar-refractivity contribution in [2.75, 3.05) is 30.5 Å². The van der Waals surface area contributed by atoms with E-state index in [1.807, 2.05) is 31.2 Å². The first kappa shape index (κ1) is 18.3. The van der Waals surface area contributed by atoms with Crippen molar-refractivity contribution in [3.8, 4) is 0 Å². The van der Waals surface area contributed by atoms with Crippen LogP contribution in [0.4, 0.5) is 16.2 Å². The molecule has 2 amide bonds. The Morgan fingerprint density at radius 2 is 1.71 bits per heavy atom. The van der Waals surface area contributed by atoms with Crippen molar-refractivity contribution in [3.63, 3.8) is 0 Å². The molecule has 0 fully saturated rings. The SMILES string of the molecule is CCOCCOCc1cccc(NC(=O)Nc2ccc(Cl)cc2)c1. The second-order valence-corrected chi connectivity index (χ2v) is 5.47. The average molecular weight is 349 g/mol. The van der Waals surface area contributed by atoms with Crippen LogP contribution in [0, 0.1) is 0 Å². The van der Waals surface area contributed by atoms with Gasteiger partial charge in [0.15, 0.2) is 0 Å². The van der Waals surface area contributed by atoms with Crippen LogP contribution in [0.5, 0.6) is 0 Å². The molecule has 2 rings (SSSR count). The maximum Gasteiger partial charge on any atom is 0.323 e. The molecule has 6 heteroatoms. The van der Waals surface area contributed by atoms with Crippen LogP contribution in [0.1, 0.15) is 12.5 Å². The van der Waals surface area contributed by atoms with E-state index in [2.05, 4.69) is 10.6 Å². The fourth-order valence-electron chi connectivity index (χ4n) is 2.02. The zero-order valence-electron chi connectivity index (χ0n) is 13.5. The van der Waals surface area contributed by atoms with Crippen LogP contribution in [0.3, 0.4) is 0 Å². The molecule has 0 saturated heterocycles. The van der Waals surface area contributed by atoms with Gasteiger partial charge in [0, 0.05) is 23.0 Å². The van der Waals surface area contributed by atoms with Crippen molar-refractivity contribution in [2.24, 2.45) is 0 Å². The van der Waals surface area contributed by atoms with Gasteiger partial charge in [0.2, 0.25) is 0 Å². The molecule has 24 heavy (non-hydrogen) atoms. The summed E-state index contributed by atoms with van der Waals surface area (Å²) in [5.41, 5.74) is 2.36. The molecule has 0 heterocycles. The number of halogens is 1. The van der Waals surface area contributed by atoms with Gasteiger partial charge < -0.3 is 20.1 Å². The molecule has 128 valence electrons. The minimum atomic E-state index is -0.313. The summed E-state index contributed by atoms with van der Waals surface area (Å²) >= 11 is 5.82. The summed E-state index contributed by atoms with van der Waals surface area (Å²) in [5.74, 6) is 0. The third-order valence-corrected chi connectivity index (χ3v) is 3.38. The number of urea groups is 1. The molecule has 5 nitrogen and oxygen atoms in total. The lowest BCUT2D eigenvalue weighted by molar-refractivity contribution is 0.0453. The minimum Gasteiger partial charge on any atom is -0.379 e. The first-order valence-electron chi connectivity index (χ1n) is 7.75. The number of rotatable bonds is 8. The van der Waals surface area contributed by atoms with Crippen LogP contribution < -0.4 is 10.6 Å². The highest BCUT2D eigenvalue weighted by Gasteiger charge is 2.04. The summed E-state index contributed by atoms with van der Waals surface area (Å²) in [6, 6.07) is 14.1. The number of nitrogens with one attached hydrogen (secondary N) is 2. The van der Waals surface area contributed by atoms with E-state index < -0.39 is 0 Å². The van der Waals surface area contributed by atoms with Gasteiger partial charge in [-0.3, -0.25) is 0 Å². The van der Waals surface area contributed by atoms with E-state index in [0.29, 0.717) is 42.8 Å². The van der Waals surface area contributed by atoms with Crippen LogP contribution >= 0.6 is 11.6 Å². The fraction of sp³-hybridized carbons (Fsp3) is 0.278. The van der Waals surface area contributed by atoms with Gasteiger partial charge in [-0.05, 0) is 48.9 Å². The van der Waals surface area contributed by atoms with Crippen molar-refractivity contribution in [1.29, 1.82) is 0 Å². The average Bonchev–Trinajstić information content (AvgIpc) is 2.57. The first-order chi connectivity index (χ1) is 11.7. The Kier molecular flexibility index (Phi) is 7.55. The number of carbonyl (C=O) groups is 1. The Morgan fingerprint density at radius 1 is 1.00 bits per heavy atom. The predicted molar refractivity (Wildman–Crippen MR) is 96.7 cm³/mol. The topological polar surface area (TPSA) is 59.6 Å². The minimum absolute atomic E-state index is 0.313. The smallest absolute Gasteiger partial charge is 0.323 e. The molecule has 0 spiro atoms. The van der Waals surface area contributed by atoms with E-state index in [4.69, 9.17) is 21.1 Å². The number of amides is 2. The highest BCUT2D eigenvalue weighted by molar-refractivity contribution is 6.30. The maximum absolute atomic E-state index is 12.0. The van der Waals surface area contributed by atoms with Crippen LogP contribution in [-0.2, 0) is 16.1 Å². The van der Waals surface area contributed by atoms with E-state index in [9.17, 15) is 4.79 Å². The van der Waals surface area contributed by atoms with Gasteiger partial charge in [-0.2, -0.15) is 0 Å². The lowest BCUT2D eigenvalue weighted by Gasteiger charge is -2.10. The molecular weight excluding hydrogens is 328 g/mol. The second kappa shape index (κ2) is 9.93. The Morgan fingerprint density at radius 3 is 2.46 bits per heavy atom. The third-order valence-electron chi connectivity index (χ3n) is 3.13. The summed E-state index contributed by atoms with van der Waals surface area (Å²) in [7, 11) is 0. The fourth-order valence-corrected chi connectivity index (χ4v) is 2.14. The molecule has 0 saturated carbocycles. The lowest BCUT2D eigenvalue weighted by atomic mass is 10.2. The predicted octanol–water partition coefficient (Wildman–Crippen LogP) is 4.54. The van der Waals surface area contributed by atoms with Crippen molar-refractivity contribution in [1.82, 2.24) is 0 Å². The van der Waals surface area contributed by atoms with Gasteiger partial charge in [-0.15, -0.1) is 0 Å². The molecule has 2 aromatic carbocycles. The van der Waals surface area contributed by atoms with E-state index >= 15 is 0 Å². The molecule has 0 atom stereocenters. The molecule has 0 aliphatic heterocycles. The zero-order valence-corrected chi connectivity index (χ0v) is 14.3. The monoisotopic (exact) mass is 348 g/mol. The molecule has 0 bridgehead atoms. The Hall–Kier alpha value is -2.08. The quantitative estimate of drug-likeness (QED) is 0.689. The van der Waals surface area contributed by atoms with Gasteiger partial charge in [-0.25, -0.2) is 4.79 Å². The van der Waals surface area contributed by atoms with Gasteiger partial charge in [-0.1, -0.05) is 23.7 Å². The summed E-state index contributed by atoms with van der Waals surface area (Å²) in [4.78, 5) is 12.0. The first-order valence-corrected chi connectivity index (χ1v) is 8.13. The standard InChI is InChI=1S/C18H21ClN2O3/c1-2-23-10-11-24-13-14-4-3-5-17(12-14)21-18(22)20-16-8-6-15(19)7-9-16/h3-9,12H,2,10-11,13H2,1H3,(H2,20,21,22). The Bertz CT molecular complexity index is 647. The van der Waals surface area contributed by atoms with Gasteiger partial charge in [0.1, 0.15) is 0 Å². The number of ether oxygens (including phenoxy) is 2. The third kappa shape index (κ3) is 6.58. The largest absolute Gasteiger partial charge is 0.379 e. The molecule has 0 aliphatic rings. The highest BCUT2D eigenvalue weighted by atomic mass is 35.5. The van der Waals surface area contributed by atoms with Crippen LogP contribution in [0.15, 0.2) is 48.5 Å². The number of benzene rings is 2. The molecule has 2 N–H and O–H groups in total. The normalized spacial score (nSPS) is 10.4. The summed E-state index contributed by atoms with van der Waals surface area (Å²) in [6.07, 6.45) is 0. The number of hydrogen-bond acceptors (Lipinski definition) is 3. The second-order valence-electron chi connectivity index (χ2n) is 5.04. The maximum atomic E-state index is 12.0. The van der Waals surface area contributed by atoms with Gasteiger partial charge in [0.25, 0.3) is 0 Å². The molecule has 2 aromatic rings. The van der Waals surface area contributed by atoms with Gasteiger partial charge in [0.05, 0.1) is 19.8 Å². The summed E-state index contributed by atoms with van der Waals surface area (Å²) in [6.45, 7) is 4.23.